The average molecular weight is 421 g/mol. The first kappa shape index (κ1) is 19.4. The number of carbonyl (C=O) groups excluding carboxylic acids is 1. The van der Waals surface area contributed by atoms with E-state index in [-0.39, 0.29) is 24.9 Å². The maximum absolute atomic E-state index is 12.4. The normalized spacial score (nSPS) is 20.1. The van der Waals surface area contributed by atoms with E-state index < -0.39 is 0 Å². The van der Waals surface area contributed by atoms with Crippen LogP contribution in [0.5, 0.6) is 11.5 Å². The van der Waals surface area contributed by atoms with Crippen molar-refractivity contribution in [3.8, 4) is 22.9 Å². The predicted octanol–water partition coefficient (Wildman–Crippen LogP) is 3.34. The highest BCUT2D eigenvalue weighted by atomic mass is 16.7. The van der Waals surface area contributed by atoms with E-state index in [1.807, 2.05) is 56.4 Å². The lowest BCUT2D eigenvalue weighted by Crippen LogP contribution is -2.39. The molecule has 0 bridgehead atoms. The Balaban J connectivity index is 1.23. The summed E-state index contributed by atoms with van der Waals surface area (Å²) >= 11 is 0. The molecule has 3 aromatic rings. The molecule has 2 amide bonds. The summed E-state index contributed by atoms with van der Waals surface area (Å²) in [6.45, 7) is 2.91. The molecule has 1 fully saturated rings. The fourth-order valence-electron chi connectivity index (χ4n) is 3.91. The first-order valence-corrected chi connectivity index (χ1v) is 10.1. The molecular formula is C22H23N5O4. The number of anilines is 1. The van der Waals surface area contributed by atoms with Crippen molar-refractivity contribution in [2.45, 2.75) is 25.4 Å². The van der Waals surface area contributed by atoms with E-state index in [0.29, 0.717) is 36.2 Å². The van der Waals surface area contributed by atoms with Crippen LogP contribution in [-0.4, -0.2) is 47.5 Å². The average Bonchev–Trinajstić information content (AvgIpc) is 3.48. The Morgan fingerprint density at radius 3 is 2.77 bits per heavy atom. The number of hydrogen-bond donors (Lipinski definition) is 2. The number of carbonyl (C=O) groups is 1. The number of aromatic nitrogens is 2. The van der Waals surface area contributed by atoms with Gasteiger partial charge in [0.15, 0.2) is 11.5 Å². The maximum atomic E-state index is 12.4. The van der Waals surface area contributed by atoms with E-state index in [4.69, 9.17) is 14.0 Å². The van der Waals surface area contributed by atoms with Crippen LogP contribution < -0.4 is 20.1 Å². The second kappa shape index (κ2) is 7.92. The lowest BCUT2D eigenvalue weighted by molar-refractivity contribution is 0.174. The molecule has 2 N–H and O–H groups in total. The smallest absolute Gasteiger partial charge is 0.319 e. The SMILES string of the molecule is Cc1ccc(NC(=O)N[C@@H]2C[C@@H](c3nc(-c4ccc5c(c4)OCO5)no3)N(C)C2)cc1. The highest BCUT2D eigenvalue weighted by Crippen LogP contribution is 2.36. The van der Waals surface area contributed by atoms with Gasteiger partial charge in [0.2, 0.25) is 18.5 Å². The third-order valence-electron chi connectivity index (χ3n) is 5.55. The summed E-state index contributed by atoms with van der Waals surface area (Å²) < 4.78 is 16.3. The van der Waals surface area contributed by atoms with Gasteiger partial charge < -0.3 is 24.6 Å². The van der Waals surface area contributed by atoms with Crippen LogP contribution in [0.25, 0.3) is 11.4 Å². The quantitative estimate of drug-likeness (QED) is 0.666. The van der Waals surface area contributed by atoms with Crippen molar-refractivity contribution >= 4 is 11.7 Å². The third kappa shape index (κ3) is 4.04. The Bertz CT molecular complexity index is 1100. The largest absolute Gasteiger partial charge is 0.454 e. The van der Waals surface area contributed by atoms with E-state index in [2.05, 4.69) is 25.7 Å². The van der Waals surface area contributed by atoms with Crippen molar-refractivity contribution in [1.29, 1.82) is 0 Å². The van der Waals surface area contributed by atoms with Gasteiger partial charge in [-0.25, -0.2) is 4.79 Å². The molecule has 3 heterocycles. The van der Waals surface area contributed by atoms with Crippen molar-refractivity contribution in [1.82, 2.24) is 20.4 Å². The molecular weight excluding hydrogens is 398 g/mol. The van der Waals surface area contributed by atoms with Gasteiger partial charge >= 0.3 is 6.03 Å². The molecule has 0 spiro atoms. The highest BCUT2D eigenvalue weighted by Gasteiger charge is 2.35. The maximum Gasteiger partial charge on any atom is 0.319 e. The molecule has 2 atom stereocenters. The van der Waals surface area contributed by atoms with Crippen molar-refractivity contribution in [3.05, 3.63) is 53.9 Å². The van der Waals surface area contributed by atoms with Gasteiger partial charge in [0.05, 0.1) is 6.04 Å². The van der Waals surface area contributed by atoms with Crippen LogP contribution in [0.15, 0.2) is 47.0 Å². The number of fused-ring (bicyclic) bond motifs is 1. The number of urea groups is 1. The van der Waals surface area contributed by atoms with Crippen LogP contribution in [0.2, 0.25) is 0 Å². The van der Waals surface area contributed by atoms with Gasteiger partial charge in [-0.3, -0.25) is 4.90 Å². The predicted molar refractivity (Wildman–Crippen MR) is 113 cm³/mol. The van der Waals surface area contributed by atoms with Gasteiger partial charge in [0, 0.05) is 23.8 Å². The van der Waals surface area contributed by atoms with Gasteiger partial charge in [0.1, 0.15) is 0 Å². The van der Waals surface area contributed by atoms with Crippen molar-refractivity contribution < 1.29 is 18.8 Å². The van der Waals surface area contributed by atoms with E-state index >= 15 is 0 Å². The number of nitrogens with zero attached hydrogens (tertiary/aromatic N) is 3. The summed E-state index contributed by atoms with van der Waals surface area (Å²) in [6, 6.07) is 12.9. The molecule has 1 aromatic heterocycles. The van der Waals surface area contributed by atoms with Crippen LogP contribution in [0, 0.1) is 6.92 Å². The van der Waals surface area contributed by atoms with Gasteiger partial charge in [-0.15, -0.1) is 0 Å². The zero-order valence-electron chi connectivity index (χ0n) is 17.3. The van der Waals surface area contributed by atoms with E-state index in [9.17, 15) is 4.79 Å². The zero-order chi connectivity index (χ0) is 21.4. The van der Waals surface area contributed by atoms with Gasteiger partial charge in [-0.2, -0.15) is 4.98 Å². The fraction of sp³-hybridized carbons (Fsp3) is 0.318. The summed E-state index contributed by atoms with van der Waals surface area (Å²) in [5, 5.41) is 10.0. The zero-order valence-corrected chi connectivity index (χ0v) is 17.3. The minimum Gasteiger partial charge on any atom is -0.454 e. The lowest BCUT2D eigenvalue weighted by atomic mass is 10.1. The Kier molecular flexibility index (Phi) is 4.95. The number of rotatable bonds is 4. The van der Waals surface area contributed by atoms with E-state index in [0.717, 1.165) is 16.8 Å². The molecule has 31 heavy (non-hydrogen) atoms. The van der Waals surface area contributed by atoms with Crippen molar-refractivity contribution in [2.24, 2.45) is 0 Å². The minimum absolute atomic E-state index is 0.0265. The molecule has 5 rings (SSSR count). The molecule has 0 unspecified atom stereocenters. The van der Waals surface area contributed by atoms with Crippen LogP contribution in [0.1, 0.15) is 23.9 Å². The summed E-state index contributed by atoms with van der Waals surface area (Å²) in [5.74, 6) is 2.40. The lowest BCUT2D eigenvalue weighted by Gasteiger charge is -2.14. The molecule has 1 saturated heterocycles. The van der Waals surface area contributed by atoms with Gasteiger partial charge in [-0.05, 0) is 50.7 Å². The Hall–Kier alpha value is -3.59. The number of nitrogens with one attached hydrogen (secondary N) is 2. The summed E-state index contributed by atoms with van der Waals surface area (Å²) in [4.78, 5) is 19.1. The molecule has 0 aliphatic carbocycles. The summed E-state index contributed by atoms with van der Waals surface area (Å²) in [6.07, 6.45) is 0.681. The van der Waals surface area contributed by atoms with Gasteiger partial charge in [0.25, 0.3) is 0 Å². The molecule has 2 aliphatic rings. The molecule has 0 radical (unpaired) electrons. The van der Waals surface area contributed by atoms with Crippen LogP contribution in [0.3, 0.4) is 0 Å². The Labute approximate surface area is 179 Å². The number of benzene rings is 2. The van der Waals surface area contributed by atoms with Crippen molar-refractivity contribution in [3.63, 3.8) is 0 Å². The molecule has 2 aromatic carbocycles. The Morgan fingerprint density at radius 2 is 1.94 bits per heavy atom. The molecule has 0 saturated carbocycles. The fourth-order valence-corrected chi connectivity index (χ4v) is 3.91. The molecule has 2 aliphatic heterocycles. The number of hydrogen-bond acceptors (Lipinski definition) is 7. The first-order chi connectivity index (χ1) is 15.0. The Morgan fingerprint density at radius 1 is 1.13 bits per heavy atom. The molecule has 160 valence electrons. The van der Waals surface area contributed by atoms with Crippen molar-refractivity contribution in [2.75, 3.05) is 25.7 Å². The van der Waals surface area contributed by atoms with E-state index in [1.165, 1.54) is 0 Å². The van der Waals surface area contributed by atoms with E-state index in [1.54, 1.807) is 0 Å². The van der Waals surface area contributed by atoms with Gasteiger partial charge in [-0.1, -0.05) is 22.9 Å². The third-order valence-corrected chi connectivity index (χ3v) is 5.55. The minimum atomic E-state index is -0.227. The van der Waals surface area contributed by atoms with Crippen LogP contribution >= 0.6 is 0 Å². The second-order valence-corrected chi connectivity index (χ2v) is 7.88. The van der Waals surface area contributed by atoms with Crippen LogP contribution in [-0.2, 0) is 0 Å². The summed E-state index contributed by atoms with van der Waals surface area (Å²) in [5.41, 5.74) is 2.70. The number of likely N-dealkylation sites (N-methyl/N-ethyl adjacent to an activating group) is 1. The molecule has 9 heteroatoms. The first-order valence-electron chi connectivity index (χ1n) is 10.1. The second-order valence-electron chi connectivity index (χ2n) is 7.88. The number of ether oxygens (including phenoxy) is 2. The number of aryl methyl sites for hydroxylation is 1. The van der Waals surface area contributed by atoms with Crippen LogP contribution in [0.4, 0.5) is 10.5 Å². The summed E-state index contributed by atoms with van der Waals surface area (Å²) in [7, 11) is 1.98. The molecule has 9 nitrogen and oxygen atoms in total. The number of likely N-dealkylation sites (tertiary alicyclic amines) is 1. The highest BCUT2D eigenvalue weighted by molar-refractivity contribution is 5.89. The topological polar surface area (TPSA) is 102 Å². The standard InChI is InChI=1S/C22H23N5O4/c1-13-3-6-15(7-4-13)23-22(28)24-16-10-17(27(2)11-16)21-25-20(26-31-21)14-5-8-18-19(9-14)30-12-29-18/h3-9,16-17H,10-12H2,1-2H3,(H2,23,24,28)/t16-,17+/m1/s1. The number of amides is 2. The monoisotopic (exact) mass is 421 g/mol.